The average Bonchev–Trinajstić information content (AvgIpc) is 2.24. The maximum Gasteiger partial charge on any atom is 0.269 e. The number of aromatic nitrogens is 1. The molecule has 88 valence electrons. The number of sulfonamides is 1. The largest absolute Gasteiger partial charge is 0.351 e. The van der Waals surface area contributed by atoms with Crippen molar-refractivity contribution in [3.05, 3.63) is 30.1 Å². The van der Waals surface area contributed by atoms with Gasteiger partial charge in [-0.25, -0.2) is 13.6 Å². The van der Waals surface area contributed by atoms with Gasteiger partial charge in [0, 0.05) is 12.7 Å². The van der Waals surface area contributed by atoms with Crippen molar-refractivity contribution in [3.63, 3.8) is 0 Å². The zero-order chi connectivity index (χ0) is 12.0. The molecule has 1 rings (SSSR count). The zero-order valence-corrected chi connectivity index (χ0v) is 9.40. The molecule has 0 fully saturated rings. The van der Waals surface area contributed by atoms with Crippen LogP contribution in [0, 0.1) is 0 Å². The first kappa shape index (κ1) is 12.6. The van der Waals surface area contributed by atoms with Gasteiger partial charge in [0.15, 0.2) is 0 Å². The monoisotopic (exact) mass is 243 g/mol. The lowest BCUT2D eigenvalue weighted by Gasteiger charge is -2.03. The Morgan fingerprint density at radius 1 is 1.44 bits per heavy atom. The minimum absolute atomic E-state index is 0.143. The quantitative estimate of drug-likeness (QED) is 0.680. The maximum absolute atomic E-state index is 11.4. The van der Waals surface area contributed by atoms with Crippen LogP contribution in [0.4, 0.5) is 0 Å². The topological polar surface area (TPSA) is 102 Å². The first-order valence-electron chi connectivity index (χ1n) is 4.69. The number of pyridine rings is 1. The molecule has 0 unspecified atom stereocenters. The van der Waals surface area contributed by atoms with Crippen LogP contribution in [0.2, 0.25) is 0 Å². The normalized spacial score (nSPS) is 11.1. The predicted octanol–water partition coefficient (Wildman–Crippen LogP) is -0.510. The van der Waals surface area contributed by atoms with E-state index >= 15 is 0 Å². The summed E-state index contributed by atoms with van der Waals surface area (Å²) in [5.41, 5.74) is 0.304. The second-order valence-corrected chi connectivity index (χ2v) is 4.93. The number of rotatable bonds is 5. The minimum Gasteiger partial charge on any atom is -0.351 e. The van der Waals surface area contributed by atoms with Crippen LogP contribution in [-0.2, 0) is 10.0 Å². The van der Waals surface area contributed by atoms with Crippen molar-refractivity contribution in [1.82, 2.24) is 10.3 Å². The summed E-state index contributed by atoms with van der Waals surface area (Å²) in [6, 6.07) is 4.99. The number of hydrogen-bond acceptors (Lipinski definition) is 4. The number of carbonyl (C=O) groups excluding carboxylic acids is 1. The molecule has 6 nitrogen and oxygen atoms in total. The first-order chi connectivity index (χ1) is 7.49. The van der Waals surface area contributed by atoms with E-state index in [0.29, 0.717) is 5.69 Å². The van der Waals surface area contributed by atoms with Crippen molar-refractivity contribution in [2.24, 2.45) is 5.14 Å². The molecule has 3 N–H and O–H groups in total. The fraction of sp³-hybridized carbons (Fsp3) is 0.333. The number of primary sulfonamides is 1. The lowest BCUT2D eigenvalue weighted by Crippen LogP contribution is -2.27. The van der Waals surface area contributed by atoms with Gasteiger partial charge in [-0.05, 0) is 18.6 Å². The molecular weight excluding hydrogens is 230 g/mol. The van der Waals surface area contributed by atoms with Crippen LogP contribution >= 0.6 is 0 Å². The van der Waals surface area contributed by atoms with Gasteiger partial charge in [-0.2, -0.15) is 0 Å². The zero-order valence-electron chi connectivity index (χ0n) is 8.59. The third kappa shape index (κ3) is 4.85. The van der Waals surface area contributed by atoms with Crippen LogP contribution in [0.15, 0.2) is 24.4 Å². The highest BCUT2D eigenvalue weighted by Gasteiger charge is 2.06. The van der Waals surface area contributed by atoms with Crippen LogP contribution in [0.3, 0.4) is 0 Å². The van der Waals surface area contributed by atoms with E-state index in [9.17, 15) is 13.2 Å². The van der Waals surface area contributed by atoms with E-state index in [2.05, 4.69) is 10.3 Å². The van der Waals surface area contributed by atoms with E-state index in [1.807, 2.05) is 0 Å². The Kier molecular flexibility index (Phi) is 4.39. The van der Waals surface area contributed by atoms with E-state index in [4.69, 9.17) is 5.14 Å². The van der Waals surface area contributed by atoms with Crippen molar-refractivity contribution in [2.75, 3.05) is 12.3 Å². The molecule has 1 aromatic rings. The Balaban J connectivity index is 2.32. The Hall–Kier alpha value is -1.47. The van der Waals surface area contributed by atoms with Gasteiger partial charge in [-0.3, -0.25) is 9.78 Å². The molecule has 0 bridgehead atoms. The van der Waals surface area contributed by atoms with Crippen molar-refractivity contribution in [3.8, 4) is 0 Å². The molecule has 0 atom stereocenters. The van der Waals surface area contributed by atoms with Gasteiger partial charge in [-0.1, -0.05) is 6.07 Å². The molecule has 1 heterocycles. The second-order valence-electron chi connectivity index (χ2n) is 3.19. The van der Waals surface area contributed by atoms with Crippen LogP contribution < -0.4 is 10.5 Å². The minimum atomic E-state index is -3.45. The van der Waals surface area contributed by atoms with Crippen LogP contribution in [0.1, 0.15) is 16.9 Å². The molecule has 0 spiro atoms. The van der Waals surface area contributed by atoms with Gasteiger partial charge < -0.3 is 5.32 Å². The first-order valence-corrected chi connectivity index (χ1v) is 6.40. The van der Waals surface area contributed by atoms with Crippen LogP contribution in [0.5, 0.6) is 0 Å². The van der Waals surface area contributed by atoms with Crippen molar-refractivity contribution >= 4 is 15.9 Å². The van der Waals surface area contributed by atoms with Gasteiger partial charge in [-0.15, -0.1) is 0 Å². The van der Waals surface area contributed by atoms with E-state index in [1.165, 1.54) is 6.20 Å². The van der Waals surface area contributed by atoms with E-state index in [-0.39, 0.29) is 24.6 Å². The maximum atomic E-state index is 11.4. The lowest BCUT2D eigenvalue weighted by molar-refractivity contribution is 0.0948. The number of hydrogen-bond donors (Lipinski definition) is 2. The van der Waals surface area contributed by atoms with Gasteiger partial charge in [0.1, 0.15) is 5.69 Å². The van der Waals surface area contributed by atoms with E-state index in [1.54, 1.807) is 18.2 Å². The van der Waals surface area contributed by atoms with Crippen molar-refractivity contribution in [2.45, 2.75) is 6.42 Å². The van der Waals surface area contributed by atoms with Crippen molar-refractivity contribution < 1.29 is 13.2 Å². The molecule has 0 aliphatic heterocycles. The standard InChI is InChI=1S/C9H13N3O3S/c10-16(14,15)7-3-6-12-9(13)8-4-1-2-5-11-8/h1-2,4-5H,3,6-7H2,(H,12,13)(H2,10,14,15). The Labute approximate surface area is 93.9 Å². The molecule has 1 amide bonds. The highest BCUT2D eigenvalue weighted by molar-refractivity contribution is 7.89. The second kappa shape index (κ2) is 5.57. The Morgan fingerprint density at radius 3 is 2.75 bits per heavy atom. The van der Waals surface area contributed by atoms with Crippen molar-refractivity contribution in [1.29, 1.82) is 0 Å². The summed E-state index contributed by atoms with van der Waals surface area (Å²) in [4.78, 5) is 15.3. The number of nitrogens with two attached hydrogens (primary N) is 1. The molecule has 0 aliphatic rings. The van der Waals surface area contributed by atoms with Gasteiger partial charge in [0.25, 0.3) is 5.91 Å². The molecule has 16 heavy (non-hydrogen) atoms. The SMILES string of the molecule is NS(=O)(=O)CCCNC(=O)c1ccccn1. The highest BCUT2D eigenvalue weighted by atomic mass is 32.2. The van der Waals surface area contributed by atoms with Gasteiger partial charge in [0.05, 0.1) is 5.75 Å². The Bertz CT molecular complexity index is 444. The van der Waals surface area contributed by atoms with Crippen LogP contribution in [-0.4, -0.2) is 31.6 Å². The third-order valence-corrected chi connectivity index (χ3v) is 2.65. The fourth-order valence-electron chi connectivity index (χ4n) is 1.06. The molecule has 0 saturated carbocycles. The van der Waals surface area contributed by atoms with Crippen LogP contribution in [0.25, 0.3) is 0 Å². The highest BCUT2D eigenvalue weighted by Crippen LogP contribution is 1.93. The molecule has 0 aromatic carbocycles. The lowest BCUT2D eigenvalue weighted by atomic mass is 10.3. The summed E-state index contributed by atoms with van der Waals surface area (Å²) in [5.74, 6) is -0.467. The predicted molar refractivity (Wildman–Crippen MR) is 59.2 cm³/mol. The molecule has 0 aliphatic carbocycles. The molecular formula is C9H13N3O3S. The number of nitrogens with zero attached hydrogens (tertiary/aromatic N) is 1. The molecule has 7 heteroatoms. The smallest absolute Gasteiger partial charge is 0.269 e. The molecule has 0 radical (unpaired) electrons. The summed E-state index contributed by atoms with van der Waals surface area (Å²) in [6.07, 6.45) is 1.80. The number of amides is 1. The number of carbonyl (C=O) groups is 1. The molecule has 1 aromatic heterocycles. The summed E-state index contributed by atoms with van der Waals surface area (Å²) in [5, 5.41) is 7.36. The van der Waals surface area contributed by atoms with Gasteiger partial charge in [0.2, 0.25) is 10.0 Å². The fourth-order valence-corrected chi connectivity index (χ4v) is 1.61. The summed E-state index contributed by atoms with van der Waals surface area (Å²) in [6.45, 7) is 0.256. The van der Waals surface area contributed by atoms with E-state index in [0.717, 1.165) is 0 Å². The third-order valence-electron chi connectivity index (χ3n) is 1.79. The average molecular weight is 243 g/mol. The summed E-state index contributed by atoms with van der Waals surface area (Å²) in [7, 11) is -3.45. The van der Waals surface area contributed by atoms with Gasteiger partial charge >= 0.3 is 0 Å². The summed E-state index contributed by atoms with van der Waals surface area (Å²) >= 11 is 0. The molecule has 0 saturated heterocycles. The number of nitrogens with one attached hydrogen (secondary N) is 1. The summed E-state index contributed by atoms with van der Waals surface area (Å²) < 4.78 is 21.2. The van der Waals surface area contributed by atoms with E-state index < -0.39 is 10.0 Å². The Morgan fingerprint density at radius 2 is 2.19 bits per heavy atom.